The summed E-state index contributed by atoms with van der Waals surface area (Å²) in [5.74, 6) is -1.23. The molecule has 2 unspecified atom stereocenters. The Labute approximate surface area is 126 Å². The molecule has 1 rings (SSSR count). The Hall–Kier alpha value is -1.95. The third-order valence-electron chi connectivity index (χ3n) is 2.85. The number of amides is 1. The van der Waals surface area contributed by atoms with Gasteiger partial charge in [-0.1, -0.05) is 31.2 Å². The molecule has 6 heteroatoms. The van der Waals surface area contributed by atoms with Crippen LogP contribution < -0.4 is 5.32 Å². The number of carbonyl (C=O) groups excluding carboxylic acids is 1. The molecule has 114 valence electrons. The number of allylic oxidation sites excluding steroid dienone is 1. The number of aliphatic carboxylic acids is 1. The van der Waals surface area contributed by atoms with Crippen molar-refractivity contribution in [3.63, 3.8) is 0 Å². The van der Waals surface area contributed by atoms with Gasteiger partial charge in [0, 0.05) is 5.75 Å². The maximum atomic E-state index is 12.2. The zero-order valence-corrected chi connectivity index (χ0v) is 12.9. The number of hydrogen-bond acceptors (Lipinski definition) is 3. The van der Waals surface area contributed by atoms with E-state index in [9.17, 15) is 13.8 Å². The van der Waals surface area contributed by atoms with E-state index in [-0.39, 0.29) is 12.0 Å². The minimum Gasteiger partial charge on any atom is -0.480 e. The average molecular weight is 309 g/mol. The normalized spacial score (nSPS) is 13.8. The molecule has 0 aliphatic heterocycles. The number of carboxylic acids is 1. The Morgan fingerprint density at radius 3 is 2.62 bits per heavy atom. The summed E-state index contributed by atoms with van der Waals surface area (Å²) in [6, 6.07) is 5.53. The molecule has 0 bridgehead atoms. The molecular formula is C15H19NO4S. The Morgan fingerprint density at radius 1 is 1.38 bits per heavy atom. The first-order valence-electron chi connectivity index (χ1n) is 6.63. The van der Waals surface area contributed by atoms with Gasteiger partial charge in [-0.2, -0.15) is 0 Å². The molecule has 0 aromatic heterocycles. The van der Waals surface area contributed by atoms with Gasteiger partial charge in [0.15, 0.2) is 0 Å². The summed E-state index contributed by atoms with van der Waals surface area (Å²) in [5, 5.41) is 11.6. The summed E-state index contributed by atoms with van der Waals surface area (Å²) in [6.07, 6.45) is 3.61. The van der Waals surface area contributed by atoms with Crippen molar-refractivity contribution in [1.29, 1.82) is 0 Å². The van der Waals surface area contributed by atoms with Crippen LogP contribution in [0.25, 0.3) is 0 Å². The van der Waals surface area contributed by atoms with Gasteiger partial charge in [0.2, 0.25) is 0 Å². The molecule has 0 fully saturated rings. The third-order valence-corrected chi connectivity index (χ3v) is 4.22. The van der Waals surface area contributed by atoms with Crippen molar-refractivity contribution in [3.05, 3.63) is 42.0 Å². The first-order valence-corrected chi connectivity index (χ1v) is 7.95. The zero-order valence-electron chi connectivity index (χ0n) is 12.0. The number of benzene rings is 1. The second kappa shape index (κ2) is 8.36. The monoisotopic (exact) mass is 309 g/mol. The highest BCUT2D eigenvalue weighted by Gasteiger charge is 2.21. The molecule has 5 nitrogen and oxygen atoms in total. The Bertz CT molecular complexity index is 569. The number of hydrogen-bond donors (Lipinski definition) is 2. The number of carboxylic acid groups (broad SMARTS) is 1. The van der Waals surface area contributed by atoms with E-state index in [1.54, 1.807) is 50.3 Å². The first kappa shape index (κ1) is 17.1. The lowest BCUT2D eigenvalue weighted by molar-refractivity contribution is -0.139. The lowest BCUT2D eigenvalue weighted by Crippen LogP contribution is -2.40. The largest absolute Gasteiger partial charge is 0.480 e. The van der Waals surface area contributed by atoms with E-state index in [0.717, 1.165) is 0 Å². The lowest BCUT2D eigenvalue weighted by Gasteiger charge is -2.14. The second-order valence-corrected chi connectivity index (χ2v) is 6.01. The van der Waals surface area contributed by atoms with Crippen LogP contribution in [-0.2, 0) is 15.6 Å². The van der Waals surface area contributed by atoms with Gasteiger partial charge in [0.25, 0.3) is 5.91 Å². The molecule has 0 spiro atoms. The quantitative estimate of drug-likeness (QED) is 0.754. The minimum absolute atomic E-state index is 0.205. The van der Waals surface area contributed by atoms with Crippen LogP contribution in [0.1, 0.15) is 30.6 Å². The van der Waals surface area contributed by atoms with Crippen LogP contribution in [0.4, 0.5) is 0 Å². The van der Waals surface area contributed by atoms with Crippen LogP contribution in [0.5, 0.6) is 0 Å². The van der Waals surface area contributed by atoms with Crippen molar-refractivity contribution in [2.45, 2.75) is 31.2 Å². The summed E-state index contributed by atoms with van der Waals surface area (Å²) in [5.41, 5.74) is 0.254. The molecule has 0 aliphatic carbocycles. The summed E-state index contributed by atoms with van der Waals surface area (Å²) < 4.78 is 11.9. The van der Waals surface area contributed by atoms with Crippen LogP contribution in [0, 0.1) is 0 Å². The summed E-state index contributed by atoms with van der Waals surface area (Å²) in [4.78, 5) is 23.8. The van der Waals surface area contributed by atoms with E-state index in [4.69, 9.17) is 5.11 Å². The molecule has 21 heavy (non-hydrogen) atoms. The van der Waals surface area contributed by atoms with E-state index in [1.807, 2.05) is 0 Å². The van der Waals surface area contributed by atoms with Crippen LogP contribution in [0.15, 0.2) is 41.3 Å². The summed E-state index contributed by atoms with van der Waals surface area (Å²) in [6.45, 7) is 3.54. The van der Waals surface area contributed by atoms with E-state index in [0.29, 0.717) is 10.6 Å². The van der Waals surface area contributed by atoms with Gasteiger partial charge in [-0.05, 0) is 25.5 Å². The smallest absolute Gasteiger partial charge is 0.326 e. The SMILES string of the molecule is C/C=C/CC(NC(=O)c1ccccc1S(=O)CC)C(=O)O. The van der Waals surface area contributed by atoms with Gasteiger partial charge in [-0.15, -0.1) is 0 Å². The molecule has 1 amide bonds. The molecule has 0 radical (unpaired) electrons. The molecule has 1 aromatic rings. The molecule has 2 atom stereocenters. The third kappa shape index (κ3) is 4.82. The zero-order chi connectivity index (χ0) is 15.8. The predicted molar refractivity (Wildman–Crippen MR) is 81.7 cm³/mol. The fourth-order valence-corrected chi connectivity index (χ4v) is 2.69. The van der Waals surface area contributed by atoms with Crippen molar-refractivity contribution in [2.24, 2.45) is 0 Å². The van der Waals surface area contributed by atoms with Gasteiger partial charge in [0.1, 0.15) is 6.04 Å². The minimum atomic E-state index is -1.28. The standard InChI is InChI=1S/C15H19NO4S/c1-3-5-9-12(15(18)19)16-14(17)11-8-6-7-10-13(11)21(20)4-2/h3,5-8,10,12H,4,9H2,1-2H3,(H,16,17)(H,18,19)/b5-3+. The molecule has 2 N–H and O–H groups in total. The maximum Gasteiger partial charge on any atom is 0.326 e. The van der Waals surface area contributed by atoms with Crippen molar-refractivity contribution in [1.82, 2.24) is 5.32 Å². The van der Waals surface area contributed by atoms with Gasteiger partial charge in [-0.3, -0.25) is 9.00 Å². The van der Waals surface area contributed by atoms with E-state index in [2.05, 4.69) is 5.32 Å². The van der Waals surface area contributed by atoms with Gasteiger partial charge >= 0.3 is 5.97 Å². The molecule has 1 aromatic carbocycles. The van der Waals surface area contributed by atoms with Crippen LogP contribution in [-0.4, -0.2) is 33.0 Å². The van der Waals surface area contributed by atoms with Gasteiger partial charge < -0.3 is 10.4 Å². The van der Waals surface area contributed by atoms with Crippen molar-refractivity contribution >= 4 is 22.7 Å². The molecule has 0 saturated heterocycles. The molecule has 0 saturated carbocycles. The fourth-order valence-electron chi connectivity index (χ4n) is 1.74. The van der Waals surface area contributed by atoms with Crippen LogP contribution in [0.2, 0.25) is 0 Å². The Kier molecular flexibility index (Phi) is 6.81. The van der Waals surface area contributed by atoms with Crippen LogP contribution >= 0.6 is 0 Å². The Morgan fingerprint density at radius 2 is 2.05 bits per heavy atom. The summed E-state index contributed by atoms with van der Waals surface area (Å²) in [7, 11) is -1.28. The van der Waals surface area contributed by atoms with E-state index < -0.39 is 28.7 Å². The highest BCUT2D eigenvalue weighted by molar-refractivity contribution is 7.85. The van der Waals surface area contributed by atoms with Crippen molar-refractivity contribution in [3.8, 4) is 0 Å². The molecule has 0 heterocycles. The van der Waals surface area contributed by atoms with Gasteiger partial charge in [0.05, 0.1) is 21.3 Å². The van der Waals surface area contributed by atoms with Crippen LogP contribution in [0.3, 0.4) is 0 Å². The van der Waals surface area contributed by atoms with Crippen molar-refractivity contribution in [2.75, 3.05) is 5.75 Å². The van der Waals surface area contributed by atoms with E-state index >= 15 is 0 Å². The maximum absolute atomic E-state index is 12.2. The van der Waals surface area contributed by atoms with E-state index in [1.165, 1.54) is 0 Å². The number of carbonyl (C=O) groups is 2. The first-order chi connectivity index (χ1) is 10.0. The number of rotatable bonds is 7. The van der Waals surface area contributed by atoms with Gasteiger partial charge in [-0.25, -0.2) is 4.79 Å². The summed E-state index contributed by atoms with van der Waals surface area (Å²) >= 11 is 0. The molecule has 0 aliphatic rings. The predicted octanol–water partition coefficient (Wildman–Crippen LogP) is 1.96. The molecular weight excluding hydrogens is 290 g/mol. The average Bonchev–Trinajstić information content (AvgIpc) is 2.50. The topological polar surface area (TPSA) is 83.5 Å². The highest BCUT2D eigenvalue weighted by atomic mass is 32.2. The van der Waals surface area contributed by atoms with Crippen molar-refractivity contribution < 1.29 is 18.9 Å². The fraction of sp³-hybridized carbons (Fsp3) is 0.333. The second-order valence-electron chi connectivity index (χ2n) is 4.30. The number of nitrogens with one attached hydrogen (secondary N) is 1. The highest BCUT2D eigenvalue weighted by Crippen LogP contribution is 2.14. The lowest BCUT2D eigenvalue weighted by atomic mass is 10.1. The Balaban J connectivity index is 2.97.